The predicted molar refractivity (Wildman–Crippen MR) is 83.0 cm³/mol. The van der Waals surface area contributed by atoms with Gasteiger partial charge in [-0.1, -0.05) is 24.3 Å². The lowest BCUT2D eigenvalue weighted by Crippen LogP contribution is -2.18. The molecule has 0 fully saturated rings. The minimum Gasteiger partial charge on any atom is -0.306 e. The van der Waals surface area contributed by atoms with Gasteiger partial charge in [0.25, 0.3) is 0 Å². The maximum atomic E-state index is 12.5. The van der Waals surface area contributed by atoms with E-state index in [2.05, 4.69) is 35.4 Å². The summed E-state index contributed by atoms with van der Waals surface area (Å²) >= 11 is 0. The van der Waals surface area contributed by atoms with Gasteiger partial charge in [-0.3, -0.25) is 4.98 Å². The number of benzene rings is 1. The zero-order chi connectivity index (χ0) is 16.4. The monoisotopic (exact) mass is 320 g/mol. The number of hydrogen-bond donors (Lipinski definition) is 1. The second-order valence-electron chi connectivity index (χ2n) is 6.03. The van der Waals surface area contributed by atoms with Gasteiger partial charge in [0, 0.05) is 18.8 Å². The number of aromatic nitrogens is 1. The largest absolute Gasteiger partial charge is 0.433 e. The van der Waals surface area contributed by atoms with Crippen molar-refractivity contribution in [2.24, 2.45) is 0 Å². The number of hydrogen-bond acceptors (Lipinski definition) is 2. The first-order chi connectivity index (χ1) is 10.9. The number of rotatable bonds is 4. The van der Waals surface area contributed by atoms with Gasteiger partial charge < -0.3 is 5.32 Å². The van der Waals surface area contributed by atoms with Crippen LogP contribution in [0.1, 0.15) is 47.3 Å². The highest BCUT2D eigenvalue weighted by Crippen LogP contribution is 2.27. The average Bonchev–Trinajstić information content (AvgIpc) is 2.99. The first-order valence-corrected chi connectivity index (χ1v) is 7.81. The maximum Gasteiger partial charge on any atom is 0.433 e. The number of nitrogens with one attached hydrogen (secondary N) is 1. The van der Waals surface area contributed by atoms with E-state index in [1.54, 1.807) is 0 Å². The molecule has 5 heteroatoms. The van der Waals surface area contributed by atoms with E-state index in [9.17, 15) is 13.2 Å². The summed E-state index contributed by atoms with van der Waals surface area (Å²) in [6, 6.07) is 9.20. The van der Waals surface area contributed by atoms with E-state index in [-0.39, 0.29) is 6.04 Å². The van der Waals surface area contributed by atoms with Crippen LogP contribution in [0.3, 0.4) is 0 Å². The Labute approximate surface area is 133 Å². The summed E-state index contributed by atoms with van der Waals surface area (Å²) < 4.78 is 37.5. The molecule has 1 unspecified atom stereocenters. The van der Waals surface area contributed by atoms with Gasteiger partial charge in [0.1, 0.15) is 5.69 Å². The number of alkyl halides is 3. The highest BCUT2D eigenvalue weighted by molar-refractivity contribution is 5.36. The van der Waals surface area contributed by atoms with Crippen LogP contribution in [-0.2, 0) is 25.6 Å². The Morgan fingerprint density at radius 3 is 2.61 bits per heavy atom. The first-order valence-electron chi connectivity index (χ1n) is 7.81. The third kappa shape index (κ3) is 3.72. The van der Waals surface area contributed by atoms with Crippen molar-refractivity contribution in [3.63, 3.8) is 0 Å². The normalized spacial score (nSPS) is 15.5. The van der Waals surface area contributed by atoms with Gasteiger partial charge in [-0.25, -0.2) is 0 Å². The van der Waals surface area contributed by atoms with Crippen LogP contribution < -0.4 is 5.32 Å². The summed E-state index contributed by atoms with van der Waals surface area (Å²) in [7, 11) is 0. The summed E-state index contributed by atoms with van der Waals surface area (Å²) in [5, 5.41) is 3.34. The fourth-order valence-corrected chi connectivity index (χ4v) is 2.95. The van der Waals surface area contributed by atoms with E-state index >= 15 is 0 Å². The van der Waals surface area contributed by atoms with Crippen molar-refractivity contribution >= 4 is 0 Å². The Bertz CT molecular complexity index is 678. The van der Waals surface area contributed by atoms with Gasteiger partial charge in [-0.05, 0) is 54.5 Å². The average molecular weight is 320 g/mol. The van der Waals surface area contributed by atoms with Gasteiger partial charge in [-0.2, -0.15) is 13.2 Å². The summed E-state index contributed by atoms with van der Waals surface area (Å²) in [6.45, 7) is 2.55. The molecule has 23 heavy (non-hydrogen) atoms. The molecular weight excluding hydrogens is 301 g/mol. The molecule has 0 saturated heterocycles. The SMILES string of the molecule is CC(NCc1ccc(C(F)(F)F)nc1)c1ccc2c(c1)CCC2. The fourth-order valence-electron chi connectivity index (χ4n) is 2.95. The van der Waals surface area contributed by atoms with Crippen LogP contribution in [0.5, 0.6) is 0 Å². The third-order valence-electron chi connectivity index (χ3n) is 4.35. The first kappa shape index (κ1) is 16.0. The van der Waals surface area contributed by atoms with E-state index < -0.39 is 11.9 Å². The second kappa shape index (κ2) is 6.32. The van der Waals surface area contributed by atoms with Crippen molar-refractivity contribution in [2.45, 2.75) is 44.9 Å². The smallest absolute Gasteiger partial charge is 0.306 e. The minimum absolute atomic E-state index is 0.142. The number of fused-ring (bicyclic) bond motifs is 1. The standard InChI is InChI=1S/C18H19F3N2/c1-12(15-7-6-14-3-2-4-16(14)9-15)22-10-13-5-8-17(23-11-13)18(19,20)21/h5-9,11-12,22H,2-4,10H2,1H3. The number of pyridine rings is 1. The molecule has 0 spiro atoms. The predicted octanol–water partition coefficient (Wildman–Crippen LogP) is 4.44. The zero-order valence-electron chi connectivity index (χ0n) is 13.0. The second-order valence-corrected chi connectivity index (χ2v) is 6.03. The Morgan fingerprint density at radius 1 is 1.13 bits per heavy atom. The Hall–Kier alpha value is -1.88. The number of halogens is 3. The van der Waals surface area contributed by atoms with Crippen molar-refractivity contribution in [3.8, 4) is 0 Å². The van der Waals surface area contributed by atoms with Gasteiger partial charge in [-0.15, -0.1) is 0 Å². The van der Waals surface area contributed by atoms with Crippen LogP contribution in [0.15, 0.2) is 36.5 Å². The van der Waals surface area contributed by atoms with Crippen LogP contribution in [0.2, 0.25) is 0 Å². The molecule has 122 valence electrons. The summed E-state index contributed by atoms with van der Waals surface area (Å²) in [5.41, 5.74) is 3.96. The third-order valence-corrected chi connectivity index (χ3v) is 4.35. The number of nitrogens with zero attached hydrogens (tertiary/aromatic N) is 1. The van der Waals surface area contributed by atoms with E-state index in [0.29, 0.717) is 6.54 Å². The summed E-state index contributed by atoms with van der Waals surface area (Å²) in [6.07, 6.45) is 0.417. The number of aryl methyl sites for hydroxylation is 2. The van der Waals surface area contributed by atoms with E-state index in [4.69, 9.17) is 0 Å². The molecule has 0 amide bonds. The quantitative estimate of drug-likeness (QED) is 0.901. The van der Waals surface area contributed by atoms with E-state index in [1.807, 2.05) is 0 Å². The maximum absolute atomic E-state index is 12.5. The Morgan fingerprint density at radius 2 is 1.91 bits per heavy atom. The summed E-state index contributed by atoms with van der Waals surface area (Å²) in [4.78, 5) is 3.48. The molecule has 1 aromatic carbocycles. The Balaban J connectivity index is 1.61. The van der Waals surface area contributed by atoms with Crippen LogP contribution in [0, 0.1) is 0 Å². The highest BCUT2D eigenvalue weighted by atomic mass is 19.4. The lowest BCUT2D eigenvalue weighted by atomic mass is 10.0. The van der Waals surface area contributed by atoms with Gasteiger partial charge in [0.2, 0.25) is 0 Å². The minimum atomic E-state index is -4.39. The molecule has 1 aliphatic rings. The van der Waals surface area contributed by atoms with Crippen molar-refractivity contribution < 1.29 is 13.2 Å². The molecule has 0 saturated carbocycles. The lowest BCUT2D eigenvalue weighted by molar-refractivity contribution is -0.141. The summed E-state index contributed by atoms with van der Waals surface area (Å²) in [5.74, 6) is 0. The van der Waals surface area contributed by atoms with Crippen molar-refractivity contribution in [1.82, 2.24) is 10.3 Å². The molecule has 2 nitrogen and oxygen atoms in total. The van der Waals surface area contributed by atoms with Gasteiger partial charge in [0.15, 0.2) is 0 Å². The van der Waals surface area contributed by atoms with Gasteiger partial charge >= 0.3 is 6.18 Å². The molecule has 0 bridgehead atoms. The van der Waals surface area contributed by atoms with E-state index in [1.165, 1.54) is 35.4 Å². The van der Waals surface area contributed by atoms with Crippen LogP contribution in [0.4, 0.5) is 13.2 Å². The van der Waals surface area contributed by atoms with Crippen molar-refractivity contribution in [2.75, 3.05) is 0 Å². The molecule has 1 atom stereocenters. The van der Waals surface area contributed by atoms with Gasteiger partial charge in [0.05, 0.1) is 0 Å². The highest BCUT2D eigenvalue weighted by Gasteiger charge is 2.31. The van der Waals surface area contributed by atoms with Crippen molar-refractivity contribution in [1.29, 1.82) is 0 Å². The molecule has 3 rings (SSSR count). The zero-order valence-corrected chi connectivity index (χ0v) is 13.0. The van der Waals surface area contributed by atoms with Crippen LogP contribution >= 0.6 is 0 Å². The van der Waals surface area contributed by atoms with Crippen molar-refractivity contribution in [3.05, 3.63) is 64.5 Å². The lowest BCUT2D eigenvalue weighted by Gasteiger charge is -2.16. The van der Waals surface area contributed by atoms with Crippen LogP contribution in [0.25, 0.3) is 0 Å². The Kier molecular flexibility index (Phi) is 4.39. The fraction of sp³-hybridized carbons (Fsp3) is 0.389. The topological polar surface area (TPSA) is 24.9 Å². The molecule has 2 aromatic rings. The molecule has 1 aliphatic carbocycles. The molecule has 1 heterocycles. The molecule has 0 aliphatic heterocycles. The van der Waals surface area contributed by atoms with Crippen LogP contribution in [-0.4, -0.2) is 4.98 Å². The molecule has 1 aromatic heterocycles. The molecule has 1 N–H and O–H groups in total. The van der Waals surface area contributed by atoms with E-state index in [0.717, 1.165) is 24.5 Å². The molecule has 0 radical (unpaired) electrons. The molecular formula is C18H19F3N2.